The maximum atomic E-state index is 12.3. The Morgan fingerprint density at radius 1 is 1.37 bits per heavy atom. The number of nitrogens with one attached hydrogen (secondary N) is 1. The molecule has 2 aliphatic rings. The molecule has 19 heavy (non-hydrogen) atoms. The minimum atomic E-state index is -0.135. The van der Waals surface area contributed by atoms with Gasteiger partial charge in [-0.2, -0.15) is 0 Å². The van der Waals surface area contributed by atoms with E-state index in [1.165, 1.54) is 0 Å². The van der Waals surface area contributed by atoms with Crippen LogP contribution in [0.25, 0.3) is 0 Å². The Hall–Kier alpha value is -1.75. The molecule has 1 saturated carbocycles. The standard InChI is InChI=1S/C14H18N2O3/c15-8-11(9-4-5-9)16-14(17)10-2-1-3-12-13(10)19-7-6-18-12/h1-3,9,11H,4-8,15H2,(H,16,17). The number of fused-ring (bicyclic) bond motifs is 1. The highest BCUT2D eigenvalue weighted by molar-refractivity contribution is 5.98. The Bertz CT molecular complexity index is 486. The molecule has 102 valence electrons. The minimum Gasteiger partial charge on any atom is -0.486 e. The van der Waals surface area contributed by atoms with Crippen molar-refractivity contribution in [2.45, 2.75) is 18.9 Å². The van der Waals surface area contributed by atoms with E-state index < -0.39 is 0 Å². The number of benzene rings is 1. The monoisotopic (exact) mass is 262 g/mol. The molecule has 1 aromatic carbocycles. The van der Waals surface area contributed by atoms with Crippen molar-refractivity contribution in [2.75, 3.05) is 19.8 Å². The van der Waals surface area contributed by atoms with Gasteiger partial charge in [-0.3, -0.25) is 4.79 Å². The van der Waals surface area contributed by atoms with Gasteiger partial charge in [-0.1, -0.05) is 6.07 Å². The summed E-state index contributed by atoms with van der Waals surface area (Å²) in [5.74, 6) is 1.57. The number of amides is 1. The van der Waals surface area contributed by atoms with Crippen LogP contribution in [0.3, 0.4) is 0 Å². The number of hydrogen-bond donors (Lipinski definition) is 2. The zero-order valence-corrected chi connectivity index (χ0v) is 10.7. The van der Waals surface area contributed by atoms with Crippen molar-refractivity contribution in [1.82, 2.24) is 5.32 Å². The molecule has 1 aliphatic heterocycles. The average molecular weight is 262 g/mol. The topological polar surface area (TPSA) is 73.6 Å². The Labute approximate surface area is 112 Å². The van der Waals surface area contributed by atoms with Gasteiger partial charge < -0.3 is 20.5 Å². The molecule has 1 aliphatic carbocycles. The molecule has 3 rings (SSSR count). The van der Waals surface area contributed by atoms with Crippen molar-refractivity contribution in [3.8, 4) is 11.5 Å². The van der Waals surface area contributed by atoms with Crippen molar-refractivity contribution < 1.29 is 14.3 Å². The molecule has 5 heteroatoms. The lowest BCUT2D eigenvalue weighted by molar-refractivity contribution is 0.0922. The quantitative estimate of drug-likeness (QED) is 0.846. The van der Waals surface area contributed by atoms with Crippen molar-refractivity contribution in [3.05, 3.63) is 23.8 Å². The van der Waals surface area contributed by atoms with Crippen LogP contribution in [0.1, 0.15) is 23.2 Å². The van der Waals surface area contributed by atoms with E-state index in [2.05, 4.69) is 5.32 Å². The Morgan fingerprint density at radius 3 is 2.89 bits per heavy atom. The normalized spacial score (nSPS) is 18.8. The van der Waals surface area contributed by atoms with E-state index in [-0.39, 0.29) is 11.9 Å². The van der Waals surface area contributed by atoms with Gasteiger partial charge in [0.15, 0.2) is 11.5 Å². The molecular formula is C14H18N2O3. The first-order chi connectivity index (χ1) is 9.29. The molecule has 1 amide bonds. The second kappa shape index (κ2) is 5.09. The van der Waals surface area contributed by atoms with Crippen molar-refractivity contribution in [1.29, 1.82) is 0 Å². The summed E-state index contributed by atoms with van der Waals surface area (Å²) in [6.45, 7) is 1.47. The number of carbonyl (C=O) groups excluding carboxylic acids is 1. The number of carbonyl (C=O) groups is 1. The second-order valence-electron chi connectivity index (χ2n) is 4.98. The van der Waals surface area contributed by atoms with Crippen molar-refractivity contribution in [3.63, 3.8) is 0 Å². The van der Waals surface area contributed by atoms with E-state index in [1.54, 1.807) is 12.1 Å². The zero-order valence-electron chi connectivity index (χ0n) is 10.7. The highest BCUT2D eigenvalue weighted by Gasteiger charge is 2.32. The summed E-state index contributed by atoms with van der Waals surface area (Å²) in [6, 6.07) is 5.43. The Balaban J connectivity index is 1.79. The van der Waals surface area contributed by atoms with E-state index in [0.29, 0.717) is 42.7 Å². The van der Waals surface area contributed by atoms with Crippen molar-refractivity contribution in [2.24, 2.45) is 11.7 Å². The van der Waals surface area contributed by atoms with Crippen LogP contribution in [0, 0.1) is 5.92 Å². The highest BCUT2D eigenvalue weighted by Crippen LogP contribution is 2.35. The number of rotatable bonds is 4. The van der Waals surface area contributed by atoms with Gasteiger partial charge in [-0.15, -0.1) is 0 Å². The van der Waals surface area contributed by atoms with Gasteiger partial charge in [0.1, 0.15) is 13.2 Å². The van der Waals surface area contributed by atoms with Crippen LogP contribution in [0.4, 0.5) is 0 Å². The van der Waals surface area contributed by atoms with E-state index >= 15 is 0 Å². The fraction of sp³-hybridized carbons (Fsp3) is 0.500. The van der Waals surface area contributed by atoms with E-state index in [4.69, 9.17) is 15.2 Å². The lowest BCUT2D eigenvalue weighted by Gasteiger charge is -2.22. The Morgan fingerprint density at radius 2 is 2.16 bits per heavy atom. The summed E-state index contributed by atoms with van der Waals surface area (Å²) >= 11 is 0. The highest BCUT2D eigenvalue weighted by atomic mass is 16.6. The van der Waals surface area contributed by atoms with E-state index in [1.807, 2.05) is 6.07 Å². The molecule has 1 heterocycles. The van der Waals surface area contributed by atoms with Crippen LogP contribution in [-0.4, -0.2) is 31.7 Å². The van der Waals surface area contributed by atoms with Gasteiger partial charge >= 0.3 is 0 Å². The van der Waals surface area contributed by atoms with Crippen LogP contribution in [0.15, 0.2) is 18.2 Å². The molecule has 0 saturated heterocycles. The van der Waals surface area contributed by atoms with E-state index in [9.17, 15) is 4.79 Å². The Kier molecular flexibility index (Phi) is 3.29. The fourth-order valence-electron chi connectivity index (χ4n) is 2.37. The van der Waals surface area contributed by atoms with Gasteiger partial charge in [0.05, 0.1) is 5.56 Å². The summed E-state index contributed by atoms with van der Waals surface area (Å²) in [6.07, 6.45) is 2.29. The van der Waals surface area contributed by atoms with Crippen LogP contribution < -0.4 is 20.5 Å². The minimum absolute atomic E-state index is 0.0628. The van der Waals surface area contributed by atoms with Crippen LogP contribution in [-0.2, 0) is 0 Å². The second-order valence-corrected chi connectivity index (χ2v) is 4.98. The van der Waals surface area contributed by atoms with E-state index in [0.717, 1.165) is 12.8 Å². The SMILES string of the molecule is NCC(NC(=O)c1cccc2c1OCCO2)C1CC1. The number of nitrogens with two attached hydrogens (primary N) is 1. The first kappa shape index (κ1) is 12.3. The molecule has 1 fully saturated rings. The molecule has 0 bridgehead atoms. The fourth-order valence-corrected chi connectivity index (χ4v) is 2.37. The lowest BCUT2D eigenvalue weighted by Crippen LogP contribution is -2.42. The maximum absolute atomic E-state index is 12.3. The van der Waals surface area contributed by atoms with Gasteiger partial charge in [0.2, 0.25) is 0 Å². The average Bonchev–Trinajstić information content (AvgIpc) is 3.28. The number of para-hydroxylation sites is 1. The molecule has 1 unspecified atom stereocenters. The summed E-state index contributed by atoms with van der Waals surface area (Å²) in [4.78, 5) is 12.3. The summed E-state index contributed by atoms with van der Waals surface area (Å²) in [5.41, 5.74) is 6.23. The van der Waals surface area contributed by atoms with Crippen LogP contribution >= 0.6 is 0 Å². The largest absolute Gasteiger partial charge is 0.486 e. The third kappa shape index (κ3) is 2.51. The van der Waals surface area contributed by atoms with Crippen LogP contribution in [0.2, 0.25) is 0 Å². The first-order valence-electron chi connectivity index (χ1n) is 6.69. The smallest absolute Gasteiger partial charge is 0.255 e. The predicted octanol–water partition coefficient (Wildman–Crippen LogP) is 0.925. The van der Waals surface area contributed by atoms with Gasteiger partial charge in [0, 0.05) is 12.6 Å². The number of hydrogen-bond acceptors (Lipinski definition) is 4. The molecule has 3 N–H and O–H groups in total. The maximum Gasteiger partial charge on any atom is 0.255 e. The molecule has 0 aromatic heterocycles. The number of ether oxygens (including phenoxy) is 2. The zero-order chi connectivity index (χ0) is 13.2. The summed E-state index contributed by atoms with van der Waals surface area (Å²) in [7, 11) is 0. The summed E-state index contributed by atoms with van der Waals surface area (Å²) in [5, 5.41) is 3.00. The molecule has 1 atom stereocenters. The summed E-state index contributed by atoms with van der Waals surface area (Å²) < 4.78 is 11.0. The van der Waals surface area contributed by atoms with Gasteiger partial charge in [-0.05, 0) is 30.9 Å². The first-order valence-corrected chi connectivity index (χ1v) is 6.69. The molecular weight excluding hydrogens is 244 g/mol. The third-order valence-corrected chi connectivity index (χ3v) is 3.57. The molecule has 5 nitrogen and oxygen atoms in total. The molecule has 0 radical (unpaired) electrons. The van der Waals surface area contributed by atoms with Crippen molar-refractivity contribution >= 4 is 5.91 Å². The molecule has 0 spiro atoms. The lowest BCUT2D eigenvalue weighted by atomic mass is 10.1. The molecule has 1 aromatic rings. The van der Waals surface area contributed by atoms with Gasteiger partial charge in [-0.25, -0.2) is 0 Å². The predicted molar refractivity (Wildman–Crippen MR) is 70.5 cm³/mol. The van der Waals surface area contributed by atoms with Crippen LogP contribution in [0.5, 0.6) is 11.5 Å². The third-order valence-electron chi connectivity index (χ3n) is 3.57. The van der Waals surface area contributed by atoms with Gasteiger partial charge in [0.25, 0.3) is 5.91 Å².